The number of rotatable bonds is 6. The van der Waals surface area contributed by atoms with E-state index in [4.69, 9.17) is 0 Å². The van der Waals surface area contributed by atoms with Gasteiger partial charge in [-0.05, 0) is 38.5 Å². The molecule has 0 bridgehead atoms. The molecular weight excluding hydrogens is 406 g/mol. The molecule has 1 N–H and O–H groups in total. The number of hydrogen-bond donors (Lipinski definition) is 1. The van der Waals surface area contributed by atoms with Crippen LogP contribution in [0, 0.1) is 13.8 Å². The highest BCUT2D eigenvalue weighted by atomic mass is 16.2. The molecular formula is C23H23N7O2. The molecule has 0 aliphatic rings. The van der Waals surface area contributed by atoms with E-state index in [1.807, 2.05) is 62.4 Å². The Hall–Kier alpha value is -4.14. The fraction of sp³-hybridized carbons (Fsp3) is 0.217. The number of carbonyl (C=O) groups is 1. The second-order valence-electron chi connectivity index (χ2n) is 7.58. The van der Waals surface area contributed by atoms with E-state index in [9.17, 15) is 9.59 Å². The number of aromatic nitrogens is 5. The average molecular weight is 429 g/mol. The van der Waals surface area contributed by atoms with Gasteiger partial charge in [0, 0.05) is 0 Å². The lowest BCUT2D eigenvalue weighted by Crippen LogP contribution is -2.25. The van der Waals surface area contributed by atoms with Crippen LogP contribution in [0.5, 0.6) is 0 Å². The monoisotopic (exact) mass is 429 g/mol. The summed E-state index contributed by atoms with van der Waals surface area (Å²) in [7, 11) is 0. The number of fused-ring (bicyclic) bond motifs is 1. The van der Waals surface area contributed by atoms with E-state index in [-0.39, 0.29) is 24.6 Å². The van der Waals surface area contributed by atoms with Gasteiger partial charge in [0.2, 0.25) is 0 Å². The third-order valence-corrected chi connectivity index (χ3v) is 5.04. The topological polar surface area (TPSA) is 107 Å². The SMILES string of the molecule is C/C(=N/NC(=O)Cn1cc(Cn2c(=O)c(C)nc3ccccc32)nn1)c1ccc(C)cc1. The van der Waals surface area contributed by atoms with Crippen molar-refractivity contribution in [3.8, 4) is 0 Å². The summed E-state index contributed by atoms with van der Waals surface area (Å²) in [5.41, 5.74) is 7.59. The molecule has 0 spiro atoms. The first-order chi connectivity index (χ1) is 15.4. The average Bonchev–Trinajstić information content (AvgIpc) is 3.22. The van der Waals surface area contributed by atoms with Crippen molar-refractivity contribution >= 4 is 22.7 Å². The number of benzene rings is 2. The van der Waals surface area contributed by atoms with Crippen LogP contribution in [0.4, 0.5) is 0 Å². The van der Waals surface area contributed by atoms with Crippen LogP contribution in [-0.2, 0) is 17.9 Å². The van der Waals surface area contributed by atoms with E-state index in [2.05, 4.69) is 25.8 Å². The Morgan fingerprint density at radius 1 is 1.09 bits per heavy atom. The summed E-state index contributed by atoms with van der Waals surface area (Å²) >= 11 is 0. The minimum absolute atomic E-state index is 0.0390. The summed E-state index contributed by atoms with van der Waals surface area (Å²) in [4.78, 5) is 29.2. The number of carbonyl (C=O) groups excluding carboxylic acids is 1. The van der Waals surface area contributed by atoms with Gasteiger partial charge in [-0.15, -0.1) is 5.10 Å². The number of nitrogens with zero attached hydrogens (tertiary/aromatic N) is 6. The van der Waals surface area contributed by atoms with Crippen molar-refractivity contribution in [2.24, 2.45) is 5.10 Å². The molecule has 0 saturated carbocycles. The Bertz CT molecular complexity index is 1370. The second-order valence-corrected chi connectivity index (χ2v) is 7.58. The summed E-state index contributed by atoms with van der Waals surface area (Å²) in [6.07, 6.45) is 1.65. The predicted octanol–water partition coefficient (Wildman–Crippen LogP) is 2.19. The predicted molar refractivity (Wildman–Crippen MR) is 121 cm³/mol. The molecule has 9 nitrogen and oxygen atoms in total. The van der Waals surface area contributed by atoms with E-state index < -0.39 is 0 Å². The number of aryl methyl sites for hydroxylation is 2. The first-order valence-electron chi connectivity index (χ1n) is 10.2. The Labute approximate surface area is 184 Å². The summed E-state index contributed by atoms with van der Waals surface area (Å²) in [5.74, 6) is -0.324. The number of amides is 1. The van der Waals surface area contributed by atoms with Gasteiger partial charge >= 0.3 is 0 Å². The lowest BCUT2D eigenvalue weighted by atomic mass is 10.1. The number of hydrazone groups is 1. The normalized spacial score (nSPS) is 11.7. The van der Waals surface area contributed by atoms with E-state index in [1.165, 1.54) is 4.68 Å². The molecule has 32 heavy (non-hydrogen) atoms. The molecule has 0 aliphatic carbocycles. The van der Waals surface area contributed by atoms with Crippen molar-refractivity contribution in [2.75, 3.05) is 0 Å². The third kappa shape index (κ3) is 4.61. The Kier molecular flexibility index (Phi) is 5.89. The van der Waals surface area contributed by atoms with Crippen LogP contribution in [-0.4, -0.2) is 36.2 Å². The van der Waals surface area contributed by atoms with Crippen LogP contribution in [0.1, 0.15) is 29.4 Å². The fourth-order valence-corrected chi connectivity index (χ4v) is 3.32. The van der Waals surface area contributed by atoms with Gasteiger partial charge in [-0.2, -0.15) is 5.10 Å². The van der Waals surface area contributed by atoms with E-state index in [0.717, 1.165) is 22.2 Å². The van der Waals surface area contributed by atoms with E-state index in [0.29, 0.717) is 17.1 Å². The zero-order chi connectivity index (χ0) is 22.7. The summed E-state index contributed by atoms with van der Waals surface area (Å²) < 4.78 is 3.03. The van der Waals surface area contributed by atoms with Crippen LogP contribution in [0.3, 0.4) is 0 Å². The smallest absolute Gasteiger partial charge is 0.272 e. The quantitative estimate of drug-likeness (QED) is 0.373. The Morgan fingerprint density at radius 3 is 2.62 bits per heavy atom. The van der Waals surface area contributed by atoms with Gasteiger partial charge < -0.3 is 0 Å². The molecule has 0 saturated heterocycles. The molecule has 9 heteroatoms. The van der Waals surface area contributed by atoms with Gasteiger partial charge in [0.15, 0.2) is 0 Å². The lowest BCUT2D eigenvalue weighted by molar-refractivity contribution is -0.121. The largest absolute Gasteiger partial charge is 0.299 e. The zero-order valence-corrected chi connectivity index (χ0v) is 18.1. The highest BCUT2D eigenvalue weighted by molar-refractivity contribution is 5.99. The van der Waals surface area contributed by atoms with Gasteiger partial charge in [-0.25, -0.2) is 15.1 Å². The van der Waals surface area contributed by atoms with Crippen molar-refractivity contribution in [2.45, 2.75) is 33.9 Å². The second kappa shape index (κ2) is 8.93. The van der Waals surface area contributed by atoms with E-state index >= 15 is 0 Å². The Morgan fingerprint density at radius 2 is 1.84 bits per heavy atom. The number of para-hydroxylation sites is 2. The van der Waals surface area contributed by atoms with Crippen molar-refractivity contribution in [1.82, 2.24) is 30.0 Å². The maximum absolute atomic E-state index is 12.6. The van der Waals surface area contributed by atoms with Gasteiger partial charge in [-0.1, -0.05) is 47.2 Å². The molecule has 0 atom stereocenters. The number of hydrogen-bond acceptors (Lipinski definition) is 6. The van der Waals surface area contributed by atoms with Crippen LogP contribution < -0.4 is 11.0 Å². The zero-order valence-electron chi connectivity index (χ0n) is 18.1. The summed E-state index contributed by atoms with van der Waals surface area (Å²) in [6, 6.07) is 15.3. The maximum Gasteiger partial charge on any atom is 0.272 e. The molecule has 4 aromatic rings. The van der Waals surface area contributed by atoms with Crippen molar-refractivity contribution < 1.29 is 4.79 Å². The third-order valence-electron chi connectivity index (χ3n) is 5.04. The van der Waals surface area contributed by atoms with Gasteiger partial charge in [-0.3, -0.25) is 14.2 Å². The molecule has 0 aliphatic heterocycles. The van der Waals surface area contributed by atoms with Crippen LogP contribution >= 0.6 is 0 Å². The van der Waals surface area contributed by atoms with Crippen molar-refractivity contribution in [1.29, 1.82) is 0 Å². The highest BCUT2D eigenvalue weighted by Crippen LogP contribution is 2.11. The number of nitrogens with one attached hydrogen (secondary N) is 1. The highest BCUT2D eigenvalue weighted by Gasteiger charge is 2.11. The molecule has 0 fully saturated rings. The first kappa shape index (κ1) is 21.1. The van der Waals surface area contributed by atoms with Crippen molar-refractivity contribution in [3.63, 3.8) is 0 Å². The molecule has 2 heterocycles. The summed E-state index contributed by atoms with van der Waals surface area (Å²) in [5, 5.41) is 12.3. The Balaban J connectivity index is 1.45. The molecule has 1 amide bonds. The lowest BCUT2D eigenvalue weighted by Gasteiger charge is -2.09. The molecule has 0 radical (unpaired) electrons. The molecule has 2 aromatic heterocycles. The first-order valence-corrected chi connectivity index (χ1v) is 10.2. The van der Waals surface area contributed by atoms with Gasteiger partial charge in [0.1, 0.15) is 17.9 Å². The molecule has 0 unspecified atom stereocenters. The minimum atomic E-state index is -0.324. The van der Waals surface area contributed by atoms with Crippen LogP contribution in [0.25, 0.3) is 11.0 Å². The van der Waals surface area contributed by atoms with Crippen LogP contribution in [0.2, 0.25) is 0 Å². The molecule has 2 aromatic carbocycles. The maximum atomic E-state index is 12.6. The standard InChI is InChI=1S/C23H23N7O2/c1-15-8-10-18(11-9-15)16(2)25-27-22(31)14-29-12-19(26-28-29)13-30-21-7-5-4-6-20(21)24-17(3)23(30)32/h4-12H,13-14H2,1-3H3,(H,27,31)/b25-16-. The van der Waals surface area contributed by atoms with Gasteiger partial charge in [0.05, 0.1) is 29.5 Å². The van der Waals surface area contributed by atoms with Crippen LogP contribution in [0.15, 0.2) is 64.6 Å². The fourth-order valence-electron chi connectivity index (χ4n) is 3.32. The summed E-state index contributed by atoms with van der Waals surface area (Å²) in [6.45, 7) is 5.72. The molecule has 162 valence electrons. The van der Waals surface area contributed by atoms with Crippen molar-refractivity contribution in [3.05, 3.63) is 87.6 Å². The molecule has 4 rings (SSSR count). The van der Waals surface area contributed by atoms with Gasteiger partial charge in [0.25, 0.3) is 11.5 Å². The minimum Gasteiger partial charge on any atom is -0.299 e. The van der Waals surface area contributed by atoms with E-state index in [1.54, 1.807) is 17.7 Å².